The molecule has 0 saturated carbocycles. The summed E-state index contributed by atoms with van der Waals surface area (Å²) in [5.74, 6) is -0.408. The number of nitrogens with one attached hydrogen (secondary N) is 1. The number of likely N-dealkylation sites (tertiary alicyclic amines) is 1. The van der Waals surface area contributed by atoms with Crippen LogP contribution in [-0.4, -0.2) is 28.7 Å². The Morgan fingerprint density at radius 2 is 1.95 bits per heavy atom. The summed E-state index contributed by atoms with van der Waals surface area (Å²) in [4.78, 5) is 35.7. The van der Waals surface area contributed by atoms with Crippen molar-refractivity contribution in [1.29, 1.82) is 0 Å². The smallest absolute Gasteiger partial charge is 0.292 e. The van der Waals surface area contributed by atoms with Gasteiger partial charge in [0.05, 0.1) is 11.5 Å². The van der Waals surface area contributed by atoms with Gasteiger partial charge in [-0.05, 0) is 5.92 Å². The Bertz CT molecular complexity index is 582. The largest absolute Gasteiger partial charge is 0.382 e. The van der Waals surface area contributed by atoms with E-state index in [0.717, 1.165) is 0 Å². The summed E-state index contributed by atoms with van der Waals surface area (Å²) in [6.45, 7) is 1.92. The van der Waals surface area contributed by atoms with Crippen LogP contribution in [0.2, 0.25) is 0 Å². The van der Waals surface area contributed by atoms with Gasteiger partial charge in [-0.25, -0.2) is 0 Å². The molecule has 7 nitrogen and oxygen atoms in total. The Hall–Kier alpha value is -2.44. The van der Waals surface area contributed by atoms with E-state index < -0.39 is 4.92 Å². The van der Waals surface area contributed by atoms with Crippen molar-refractivity contribution >= 4 is 23.2 Å². The normalized spacial score (nSPS) is 16.2. The van der Waals surface area contributed by atoms with Crippen molar-refractivity contribution in [3.05, 3.63) is 33.9 Å². The standard InChI is InChI=1S/C14H17N3O4/c1-9-6-12(18)16(13(19)7-9)8-10-4-3-5-11(17(20)21)14(10)15-2/h3-5,9,15H,6-8H2,1-2H3. The SMILES string of the molecule is CNc1c(CN2C(=O)CC(C)CC2=O)cccc1[N+](=O)[O-]. The third-order valence-corrected chi connectivity index (χ3v) is 3.55. The van der Waals surface area contributed by atoms with Gasteiger partial charge in [0, 0.05) is 31.5 Å². The molecule has 1 heterocycles. The minimum Gasteiger partial charge on any atom is -0.382 e. The summed E-state index contributed by atoms with van der Waals surface area (Å²) in [6, 6.07) is 4.62. The highest BCUT2D eigenvalue weighted by Gasteiger charge is 2.31. The lowest BCUT2D eigenvalue weighted by atomic mass is 9.97. The number of nitro benzene ring substituents is 1. The van der Waals surface area contributed by atoms with E-state index >= 15 is 0 Å². The van der Waals surface area contributed by atoms with Crippen LogP contribution >= 0.6 is 0 Å². The van der Waals surface area contributed by atoms with Crippen molar-refractivity contribution < 1.29 is 14.5 Å². The van der Waals surface area contributed by atoms with Crippen LogP contribution in [0.15, 0.2) is 18.2 Å². The number of anilines is 1. The van der Waals surface area contributed by atoms with E-state index in [1.165, 1.54) is 11.0 Å². The Kier molecular flexibility index (Phi) is 4.21. The van der Waals surface area contributed by atoms with E-state index in [2.05, 4.69) is 5.32 Å². The molecule has 1 aromatic rings. The van der Waals surface area contributed by atoms with E-state index in [1.54, 1.807) is 19.2 Å². The molecule has 2 amide bonds. The number of para-hydroxylation sites is 1. The first-order valence-electron chi connectivity index (χ1n) is 6.71. The highest BCUT2D eigenvalue weighted by Crippen LogP contribution is 2.30. The molecule has 1 aliphatic heterocycles. The first kappa shape index (κ1) is 15.0. The van der Waals surface area contributed by atoms with Crippen molar-refractivity contribution in [2.24, 2.45) is 5.92 Å². The monoisotopic (exact) mass is 291 g/mol. The van der Waals surface area contributed by atoms with Gasteiger partial charge in [0.1, 0.15) is 5.69 Å². The van der Waals surface area contributed by atoms with Gasteiger partial charge in [0.25, 0.3) is 5.69 Å². The molecule has 0 aromatic heterocycles. The minimum atomic E-state index is -0.489. The van der Waals surface area contributed by atoms with Crippen LogP contribution in [0.5, 0.6) is 0 Å². The van der Waals surface area contributed by atoms with Crippen LogP contribution in [0.1, 0.15) is 25.3 Å². The minimum absolute atomic E-state index is 0.0510. The number of carbonyl (C=O) groups excluding carboxylic acids is 2. The predicted molar refractivity (Wildman–Crippen MR) is 76.6 cm³/mol. The molecule has 0 aliphatic carbocycles. The molecule has 21 heavy (non-hydrogen) atoms. The number of rotatable bonds is 4. The highest BCUT2D eigenvalue weighted by atomic mass is 16.6. The first-order valence-corrected chi connectivity index (χ1v) is 6.71. The maximum Gasteiger partial charge on any atom is 0.292 e. The average molecular weight is 291 g/mol. The molecular weight excluding hydrogens is 274 g/mol. The van der Waals surface area contributed by atoms with Crippen LogP contribution in [0, 0.1) is 16.0 Å². The van der Waals surface area contributed by atoms with E-state index in [0.29, 0.717) is 24.1 Å². The van der Waals surface area contributed by atoms with E-state index in [1.807, 2.05) is 6.92 Å². The summed E-state index contributed by atoms with van der Waals surface area (Å²) in [5, 5.41) is 13.8. The van der Waals surface area contributed by atoms with Crippen molar-refractivity contribution in [3.63, 3.8) is 0 Å². The number of carbonyl (C=O) groups is 2. The summed E-state index contributed by atoms with van der Waals surface area (Å²) in [5.41, 5.74) is 0.824. The number of nitro groups is 1. The predicted octanol–water partition coefficient (Wildman–Crippen LogP) is 1.92. The van der Waals surface area contributed by atoms with Crippen molar-refractivity contribution in [1.82, 2.24) is 4.90 Å². The Morgan fingerprint density at radius 1 is 1.33 bits per heavy atom. The molecular formula is C14H17N3O4. The highest BCUT2D eigenvalue weighted by molar-refractivity contribution is 5.98. The molecule has 112 valence electrons. The summed E-state index contributed by atoms with van der Waals surface area (Å²) >= 11 is 0. The first-order chi connectivity index (χ1) is 9.93. The second kappa shape index (κ2) is 5.90. The van der Waals surface area contributed by atoms with Gasteiger partial charge in [-0.15, -0.1) is 0 Å². The van der Waals surface area contributed by atoms with Gasteiger partial charge < -0.3 is 5.32 Å². The van der Waals surface area contributed by atoms with Crippen molar-refractivity contribution in [2.45, 2.75) is 26.3 Å². The zero-order valence-corrected chi connectivity index (χ0v) is 12.0. The molecule has 0 atom stereocenters. The van der Waals surface area contributed by atoms with Crippen LogP contribution < -0.4 is 5.32 Å². The van der Waals surface area contributed by atoms with Crippen LogP contribution in [0.3, 0.4) is 0 Å². The lowest BCUT2D eigenvalue weighted by Crippen LogP contribution is -2.42. The van der Waals surface area contributed by atoms with Gasteiger partial charge >= 0.3 is 0 Å². The molecule has 7 heteroatoms. The maximum atomic E-state index is 12.0. The third kappa shape index (κ3) is 3.01. The number of imide groups is 1. The number of nitrogens with zero attached hydrogens (tertiary/aromatic N) is 2. The Morgan fingerprint density at radius 3 is 2.48 bits per heavy atom. The fourth-order valence-corrected chi connectivity index (χ4v) is 2.53. The average Bonchev–Trinajstić information content (AvgIpc) is 2.42. The molecule has 0 unspecified atom stereocenters. The van der Waals surface area contributed by atoms with Crippen molar-refractivity contribution in [3.8, 4) is 0 Å². The van der Waals surface area contributed by atoms with Gasteiger partial charge in [0.2, 0.25) is 11.8 Å². The number of benzene rings is 1. The molecule has 1 saturated heterocycles. The van der Waals surface area contributed by atoms with Crippen molar-refractivity contribution in [2.75, 3.05) is 12.4 Å². The molecule has 0 radical (unpaired) electrons. The van der Waals surface area contributed by atoms with Gasteiger partial charge in [0.15, 0.2) is 0 Å². The zero-order valence-electron chi connectivity index (χ0n) is 12.0. The summed E-state index contributed by atoms with van der Waals surface area (Å²) in [7, 11) is 1.58. The molecule has 1 aliphatic rings. The van der Waals surface area contributed by atoms with E-state index in [4.69, 9.17) is 0 Å². The third-order valence-electron chi connectivity index (χ3n) is 3.55. The second-order valence-corrected chi connectivity index (χ2v) is 5.21. The fraction of sp³-hybridized carbons (Fsp3) is 0.429. The topological polar surface area (TPSA) is 92.6 Å². The summed E-state index contributed by atoms with van der Waals surface area (Å²) in [6.07, 6.45) is 0.658. The van der Waals surface area contributed by atoms with E-state index in [-0.39, 0.29) is 30.0 Å². The lowest BCUT2D eigenvalue weighted by Gasteiger charge is -2.28. The number of piperidine rings is 1. The van der Waals surface area contributed by atoms with Gasteiger partial charge in [-0.2, -0.15) is 0 Å². The van der Waals surface area contributed by atoms with Crippen LogP contribution in [0.25, 0.3) is 0 Å². The van der Waals surface area contributed by atoms with Crippen LogP contribution in [-0.2, 0) is 16.1 Å². The van der Waals surface area contributed by atoms with Gasteiger partial charge in [-0.3, -0.25) is 24.6 Å². The molecule has 0 spiro atoms. The Balaban J connectivity index is 2.31. The Labute approximate surface area is 122 Å². The molecule has 1 aromatic carbocycles. The van der Waals surface area contributed by atoms with E-state index in [9.17, 15) is 19.7 Å². The fourth-order valence-electron chi connectivity index (χ4n) is 2.53. The van der Waals surface area contributed by atoms with Gasteiger partial charge in [-0.1, -0.05) is 19.1 Å². The number of amides is 2. The maximum absolute atomic E-state index is 12.0. The molecule has 0 bridgehead atoms. The summed E-state index contributed by atoms with van der Waals surface area (Å²) < 4.78 is 0. The number of hydrogen-bond donors (Lipinski definition) is 1. The molecule has 2 rings (SSSR count). The zero-order chi connectivity index (χ0) is 15.6. The lowest BCUT2D eigenvalue weighted by molar-refractivity contribution is -0.384. The second-order valence-electron chi connectivity index (χ2n) is 5.21. The molecule has 1 N–H and O–H groups in total. The quantitative estimate of drug-likeness (QED) is 0.519. The molecule has 1 fully saturated rings. The number of hydrogen-bond acceptors (Lipinski definition) is 5. The van der Waals surface area contributed by atoms with Crippen LogP contribution in [0.4, 0.5) is 11.4 Å².